The van der Waals surface area contributed by atoms with Crippen molar-refractivity contribution in [1.29, 1.82) is 0 Å². The van der Waals surface area contributed by atoms with E-state index >= 15 is 0 Å². The molecule has 22 heavy (non-hydrogen) atoms. The number of aryl methyl sites for hydroxylation is 2. The third kappa shape index (κ3) is 9.60. The van der Waals surface area contributed by atoms with Crippen molar-refractivity contribution in [3.63, 3.8) is 0 Å². The van der Waals surface area contributed by atoms with Crippen LogP contribution in [0.15, 0.2) is 36.4 Å². The highest BCUT2D eigenvalue weighted by atomic mass is 14.0. The van der Waals surface area contributed by atoms with Gasteiger partial charge in [0, 0.05) is 0 Å². The van der Waals surface area contributed by atoms with Crippen LogP contribution in [0.3, 0.4) is 0 Å². The molecule has 0 nitrogen and oxygen atoms in total. The third-order valence-corrected chi connectivity index (χ3v) is 3.10. The minimum Gasteiger partial charge on any atom is -0.0776 e. The van der Waals surface area contributed by atoms with Crippen LogP contribution in [0.1, 0.15) is 79.9 Å². The molecular formula is C22H40. The van der Waals surface area contributed by atoms with Gasteiger partial charge in [0.25, 0.3) is 0 Å². The van der Waals surface area contributed by atoms with Gasteiger partial charge >= 0.3 is 0 Å². The zero-order valence-electron chi connectivity index (χ0n) is 14.3. The van der Waals surface area contributed by atoms with Crippen molar-refractivity contribution >= 4 is 10.8 Å². The molecule has 128 valence electrons. The minimum absolute atomic E-state index is 0. The zero-order valence-corrected chi connectivity index (χ0v) is 14.3. The lowest BCUT2D eigenvalue weighted by Crippen LogP contribution is -1.83. The number of benzene rings is 2. The summed E-state index contributed by atoms with van der Waals surface area (Å²) >= 11 is 0. The van der Waals surface area contributed by atoms with Crippen LogP contribution in [-0.2, 0) is 6.42 Å². The van der Waals surface area contributed by atoms with E-state index in [0.29, 0.717) is 0 Å². The highest BCUT2D eigenvalue weighted by Gasteiger charge is 1.95. The van der Waals surface area contributed by atoms with Gasteiger partial charge in [0.15, 0.2) is 0 Å². The number of hydrogen-bond donors (Lipinski definition) is 0. The Hall–Kier alpha value is -1.30. The van der Waals surface area contributed by atoms with Gasteiger partial charge in [0.1, 0.15) is 0 Å². The van der Waals surface area contributed by atoms with Crippen LogP contribution in [0, 0.1) is 6.92 Å². The molecule has 0 aliphatic heterocycles. The van der Waals surface area contributed by atoms with Gasteiger partial charge in [-0.15, -0.1) is 0 Å². The molecular weight excluding hydrogens is 264 g/mol. The van der Waals surface area contributed by atoms with E-state index in [9.17, 15) is 0 Å². The van der Waals surface area contributed by atoms with Crippen molar-refractivity contribution in [1.82, 2.24) is 0 Å². The first-order valence-electron chi connectivity index (χ1n) is 8.20. The minimum atomic E-state index is 0. The van der Waals surface area contributed by atoms with E-state index in [-0.39, 0.29) is 14.9 Å². The fourth-order valence-corrected chi connectivity index (χ4v) is 1.86. The Morgan fingerprint density at radius 3 is 1.68 bits per heavy atom. The second kappa shape index (κ2) is 16.1. The summed E-state index contributed by atoms with van der Waals surface area (Å²) in [6, 6.07) is 13.4. The molecule has 0 bridgehead atoms. The van der Waals surface area contributed by atoms with Crippen molar-refractivity contribution in [2.75, 3.05) is 0 Å². The Labute approximate surface area is 141 Å². The molecule has 0 radical (unpaired) electrons. The van der Waals surface area contributed by atoms with Gasteiger partial charge in [0.2, 0.25) is 0 Å². The number of fused-ring (bicyclic) bond motifs is 1. The van der Waals surface area contributed by atoms with Gasteiger partial charge < -0.3 is 0 Å². The van der Waals surface area contributed by atoms with Gasteiger partial charge in [-0.25, -0.2) is 0 Å². The smallest absolute Gasteiger partial charge is 0.0181 e. The van der Waals surface area contributed by atoms with E-state index in [1.165, 1.54) is 47.6 Å². The van der Waals surface area contributed by atoms with E-state index < -0.39 is 0 Å². The zero-order chi connectivity index (χ0) is 15.4. The second-order valence-electron chi connectivity index (χ2n) is 4.93. The van der Waals surface area contributed by atoms with E-state index in [1.54, 1.807) is 0 Å². The van der Waals surface area contributed by atoms with Crippen molar-refractivity contribution in [2.45, 2.75) is 82.1 Å². The molecule has 0 saturated carbocycles. The van der Waals surface area contributed by atoms with Crippen molar-refractivity contribution in [2.24, 2.45) is 0 Å². The van der Waals surface area contributed by atoms with Gasteiger partial charge in [0.05, 0.1) is 0 Å². The molecule has 0 heteroatoms. The first kappa shape index (κ1) is 25.6. The second-order valence-corrected chi connectivity index (χ2v) is 4.93. The molecule has 0 heterocycles. The Bertz CT molecular complexity index is 466. The number of hydrogen-bond acceptors (Lipinski definition) is 0. The number of unbranched alkanes of at least 4 members (excludes halogenated alkanes) is 1. The summed E-state index contributed by atoms with van der Waals surface area (Å²) in [4.78, 5) is 0. The lowest BCUT2D eigenvalue weighted by Gasteiger charge is -2.03. The highest BCUT2D eigenvalue weighted by molar-refractivity contribution is 5.83. The van der Waals surface area contributed by atoms with Gasteiger partial charge in [-0.05, 0) is 29.7 Å². The van der Waals surface area contributed by atoms with Gasteiger partial charge in [-0.3, -0.25) is 0 Å². The van der Waals surface area contributed by atoms with Crippen LogP contribution in [0.5, 0.6) is 0 Å². The summed E-state index contributed by atoms with van der Waals surface area (Å²) in [7, 11) is 0. The standard InChI is InChI=1S/C14H16.C4H10.C2H6.2CH4/c1-3-4-12-6-8-13-9-11(2)5-7-14(13)10-12;1-3-4-2;1-2;;/h5-10H,3-4H2,1-2H3;3-4H2,1-2H3;1-2H3;2*1H4. The van der Waals surface area contributed by atoms with Gasteiger partial charge in [-0.1, -0.05) is 111 Å². The molecule has 0 saturated heterocycles. The van der Waals surface area contributed by atoms with Crippen LogP contribution < -0.4 is 0 Å². The van der Waals surface area contributed by atoms with Crippen LogP contribution in [0.2, 0.25) is 0 Å². The Kier molecular flexibility index (Phi) is 18.7. The fourth-order valence-electron chi connectivity index (χ4n) is 1.86. The summed E-state index contributed by atoms with van der Waals surface area (Å²) in [6.45, 7) is 12.7. The summed E-state index contributed by atoms with van der Waals surface area (Å²) in [5.41, 5.74) is 2.78. The maximum atomic E-state index is 2.30. The topological polar surface area (TPSA) is 0 Å². The monoisotopic (exact) mass is 304 g/mol. The average molecular weight is 305 g/mol. The molecule has 0 aliphatic rings. The summed E-state index contributed by atoms with van der Waals surface area (Å²) in [5.74, 6) is 0. The fraction of sp³-hybridized carbons (Fsp3) is 0.545. The SMILES string of the molecule is C.C.CC.CCCC.CCCc1ccc2cc(C)ccc2c1. The average Bonchev–Trinajstić information content (AvgIpc) is 2.50. The lowest BCUT2D eigenvalue weighted by atomic mass is 10.0. The molecule has 2 rings (SSSR count). The molecule has 2 aromatic carbocycles. The van der Waals surface area contributed by atoms with Crippen molar-refractivity contribution in [3.05, 3.63) is 47.5 Å². The van der Waals surface area contributed by atoms with E-state index in [2.05, 4.69) is 64.1 Å². The van der Waals surface area contributed by atoms with Crippen molar-refractivity contribution in [3.8, 4) is 0 Å². The highest BCUT2D eigenvalue weighted by Crippen LogP contribution is 2.18. The number of rotatable bonds is 3. The summed E-state index contributed by atoms with van der Waals surface area (Å²) in [6.07, 6.45) is 5.04. The largest absolute Gasteiger partial charge is 0.0776 e. The van der Waals surface area contributed by atoms with Crippen LogP contribution in [-0.4, -0.2) is 0 Å². The first-order valence-corrected chi connectivity index (χ1v) is 8.20. The summed E-state index contributed by atoms with van der Waals surface area (Å²) in [5, 5.41) is 2.71. The molecule has 0 spiro atoms. The molecule has 0 aromatic heterocycles. The van der Waals surface area contributed by atoms with Gasteiger partial charge in [-0.2, -0.15) is 0 Å². The molecule has 0 atom stereocenters. The molecule has 0 unspecified atom stereocenters. The molecule has 0 N–H and O–H groups in total. The lowest BCUT2D eigenvalue weighted by molar-refractivity contribution is 0.886. The quantitative estimate of drug-likeness (QED) is 0.536. The Morgan fingerprint density at radius 2 is 1.18 bits per heavy atom. The molecule has 0 fully saturated rings. The maximum absolute atomic E-state index is 2.30. The van der Waals surface area contributed by atoms with E-state index in [1.807, 2.05) is 13.8 Å². The van der Waals surface area contributed by atoms with Crippen LogP contribution >= 0.6 is 0 Å². The predicted molar refractivity (Wildman–Crippen MR) is 108 cm³/mol. The molecule has 0 amide bonds. The third-order valence-electron chi connectivity index (χ3n) is 3.10. The molecule has 2 aromatic rings. The normalized spacial score (nSPS) is 8.45. The van der Waals surface area contributed by atoms with Crippen LogP contribution in [0.25, 0.3) is 10.8 Å². The van der Waals surface area contributed by atoms with Crippen molar-refractivity contribution < 1.29 is 0 Å². The van der Waals surface area contributed by atoms with Crippen LogP contribution in [0.4, 0.5) is 0 Å². The Morgan fingerprint density at radius 1 is 0.682 bits per heavy atom. The predicted octanol–water partition coefficient (Wildman–Crippen LogP) is 8.21. The Balaban J connectivity index is -0.000000397. The maximum Gasteiger partial charge on any atom is -0.0181 e. The summed E-state index contributed by atoms with van der Waals surface area (Å²) < 4.78 is 0. The first-order chi connectivity index (χ1) is 9.71. The van der Waals surface area contributed by atoms with E-state index in [0.717, 1.165) is 0 Å². The van der Waals surface area contributed by atoms with E-state index in [4.69, 9.17) is 0 Å². The molecule has 0 aliphatic carbocycles.